The molecule has 1 aromatic heterocycles. The van der Waals surface area contributed by atoms with Gasteiger partial charge in [-0.1, -0.05) is 30.3 Å². The van der Waals surface area contributed by atoms with Gasteiger partial charge in [0.25, 0.3) is 5.91 Å². The highest BCUT2D eigenvalue weighted by molar-refractivity contribution is 6.04. The minimum Gasteiger partial charge on any atom is -0.493 e. The third kappa shape index (κ3) is 5.72. The van der Waals surface area contributed by atoms with Crippen LogP contribution in [-0.2, 0) is 6.42 Å². The van der Waals surface area contributed by atoms with Crippen LogP contribution in [0.2, 0.25) is 0 Å². The minimum absolute atomic E-state index is 0.216. The normalized spacial score (nSPS) is 10.3. The monoisotopic (exact) mass is 391 g/mol. The van der Waals surface area contributed by atoms with Gasteiger partial charge in [0.05, 0.1) is 14.2 Å². The number of carbonyl (C=O) groups excluding carboxylic acids is 1. The van der Waals surface area contributed by atoms with Crippen LogP contribution in [0.4, 0.5) is 11.5 Å². The molecule has 29 heavy (non-hydrogen) atoms. The van der Waals surface area contributed by atoms with Crippen molar-refractivity contribution in [2.24, 2.45) is 0 Å². The summed E-state index contributed by atoms with van der Waals surface area (Å²) in [6.07, 6.45) is 3.60. The molecule has 3 rings (SSSR count). The number of anilines is 2. The second-order valence-corrected chi connectivity index (χ2v) is 6.47. The maximum atomic E-state index is 12.6. The molecule has 0 atom stereocenters. The van der Waals surface area contributed by atoms with Gasteiger partial charge in [0.15, 0.2) is 11.5 Å². The summed E-state index contributed by atoms with van der Waals surface area (Å²) in [6, 6.07) is 19.0. The molecule has 0 aliphatic carbocycles. The number of aryl methyl sites for hydroxylation is 1. The van der Waals surface area contributed by atoms with E-state index in [1.807, 2.05) is 18.2 Å². The SMILES string of the molecule is COc1ccc(NC(=O)c2ccnc(NCCCc3ccccc3)c2)cc1OC. The van der Waals surface area contributed by atoms with E-state index in [4.69, 9.17) is 9.47 Å². The second-order valence-electron chi connectivity index (χ2n) is 6.47. The summed E-state index contributed by atoms with van der Waals surface area (Å²) in [5.41, 5.74) is 2.47. The molecule has 0 radical (unpaired) electrons. The van der Waals surface area contributed by atoms with Gasteiger partial charge < -0.3 is 20.1 Å². The van der Waals surface area contributed by atoms with Crippen molar-refractivity contribution in [2.45, 2.75) is 12.8 Å². The smallest absolute Gasteiger partial charge is 0.255 e. The van der Waals surface area contributed by atoms with Crippen LogP contribution in [0, 0.1) is 0 Å². The number of hydrogen-bond acceptors (Lipinski definition) is 5. The second kappa shape index (κ2) is 10.1. The van der Waals surface area contributed by atoms with E-state index in [2.05, 4.69) is 27.8 Å². The number of nitrogens with one attached hydrogen (secondary N) is 2. The number of pyridine rings is 1. The summed E-state index contributed by atoms with van der Waals surface area (Å²) in [4.78, 5) is 16.9. The summed E-state index contributed by atoms with van der Waals surface area (Å²) in [5.74, 6) is 1.63. The van der Waals surface area contributed by atoms with Gasteiger partial charge in [-0.2, -0.15) is 0 Å². The first kappa shape index (κ1) is 20.2. The number of nitrogens with zero attached hydrogens (tertiary/aromatic N) is 1. The van der Waals surface area contributed by atoms with Crippen LogP contribution in [0.25, 0.3) is 0 Å². The van der Waals surface area contributed by atoms with Crippen LogP contribution >= 0.6 is 0 Å². The Bertz CT molecular complexity index is 945. The van der Waals surface area contributed by atoms with Gasteiger partial charge in [-0.15, -0.1) is 0 Å². The Hall–Kier alpha value is -3.54. The largest absolute Gasteiger partial charge is 0.493 e. The average Bonchev–Trinajstić information content (AvgIpc) is 2.77. The maximum Gasteiger partial charge on any atom is 0.255 e. The molecule has 0 aliphatic heterocycles. The molecular formula is C23H25N3O3. The van der Waals surface area contributed by atoms with E-state index >= 15 is 0 Å². The Morgan fingerprint density at radius 1 is 0.966 bits per heavy atom. The van der Waals surface area contributed by atoms with Gasteiger partial charge in [-0.25, -0.2) is 4.98 Å². The molecule has 0 saturated carbocycles. The highest BCUT2D eigenvalue weighted by Gasteiger charge is 2.10. The lowest BCUT2D eigenvalue weighted by molar-refractivity contribution is 0.102. The van der Waals surface area contributed by atoms with Crippen LogP contribution in [-0.4, -0.2) is 31.7 Å². The summed E-state index contributed by atoms with van der Waals surface area (Å²) in [6.45, 7) is 0.780. The number of aromatic nitrogens is 1. The Balaban J connectivity index is 1.56. The van der Waals surface area contributed by atoms with E-state index in [0.717, 1.165) is 19.4 Å². The Kier molecular flexibility index (Phi) is 7.05. The number of rotatable bonds is 9. The molecule has 6 nitrogen and oxygen atoms in total. The Morgan fingerprint density at radius 3 is 2.52 bits per heavy atom. The zero-order valence-electron chi connectivity index (χ0n) is 16.6. The molecule has 0 saturated heterocycles. The first-order chi connectivity index (χ1) is 14.2. The third-order valence-corrected chi connectivity index (χ3v) is 4.45. The minimum atomic E-state index is -0.216. The first-order valence-corrected chi connectivity index (χ1v) is 9.47. The van der Waals surface area contributed by atoms with Gasteiger partial charge in [0.1, 0.15) is 5.82 Å². The van der Waals surface area contributed by atoms with Crippen molar-refractivity contribution < 1.29 is 14.3 Å². The topological polar surface area (TPSA) is 72.5 Å². The number of carbonyl (C=O) groups is 1. The number of methoxy groups -OCH3 is 2. The number of amides is 1. The summed E-state index contributed by atoms with van der Waals surface area (Å²) >= 11 is 0. The molecule has 150 valence electrons. The van der Waals surface area contributed by atoms with E-state index in [1.165, 1.54) is 5.56 Å². The molecule has 0 fully saturated rings. The highest BCUT2D eigenvalue weighted by atomic mass is 16.5. The van der Waals surface area contributed by atoms with E-state index in [0.29, 0.717) is 28.6 Å². The van der Waals surface area contributed by atoms with Gasteiger partial charge in [-0.05, 0) is 42.7 Å². The molecule has 0 unspecified atom stereocenters. The van der Waals surface area contributed by atoms with Crippen molar-refractivity contribution >= 4 is 17.4 Å². The summed E-state index contributed by atoms with van der Waals surface area (Å²) < 4.78 is 10.5. The van der Waals surface area contributed by atoms with Crippen molar-refractivity contribution in [1.29, 1.82) is 0 Å². The number of hydrogen-bond donors (Lipinski definition) is 2. The van der Waals surface area contributed by atoms with Crippen molar-refractivity contribution in [1.82, 2.24) is 4.98 Å². The molecule has 2 aromatic carbocycles. The lowest BCUT2D eigenvalue weighted by Gasteiger charge is -2.11. The standard InChI is InChI=1S/C23H25N3O3/c1-28-20-11-10-19(16-21(20)29-2)26-23(27)18-12-14-25-22(15-18)24-13-6-9-17-7-4-3-5-8-17/h3-5,7-8,10-12,14-16H,6,9,13H2,1-2H3,(H,24,25)(H,26,27). The zero-order valence-corrected chi connectivity index (χ0v) is 16.6. The molecule has 0 aliphatic rings. The maximum absolute atomic E-state index is 12.6. The molecule has 0 spiro atoms. The van der Waals surface area contributed by atoms with Crippen LogP contribution in [0.3, 0.4) is 0 Å². The molecule has 0 bridgehead atoms. The van der Waals surface area contributed by atoms with Crippen LogP contribution in [0.15, 0.2) is 66.9 Å². The van der Waals surface area contributed by atoms with Crippen molar-refractivity contribution in [3.05, 3.63) is 78.0 Å². The van der Waals surface area contributed by atoms with Crippen LogP contribution < -0.4 is 20.1 Å². The first-order valence-electron chi connectivity index (χ1n) is 9.47. The van der Waals surface area contributed by atoms with Gasteiger partial charge in [0, 0.05) is 30.1 Å². The van der Waals surface area contributed by atoms with Gasteiger partial charge in [0.2, 0.25) is 0 Å². The fourth-order valence-electron chi connectivity index (χ4n) is 2.94. The lowest BCUT2D eigenvalue weighted by atomic mass is 10.1. The molecule has 6 heteroatoms. The van der Waals surface area contributed by atoms with E-state index in [9.17, 15) is 4.79 Å². The summed E-state index contributed by atoms with van der Waals surface area (Å²) in [7, 11) is 3.13. The predicted octanol–water partition coefficient (Wildman–Crippen LogP) is 4.40. The van der Waals surface area contributed by atoms with Crippen molar-refractivity contribution in [3.63, 3.8) is 0 Å². The van der Waals surface area contributed by atoms with Crippen LogP contribution in [0.1, 0.15) is 22.3 Å². The van der Waals surface area contributed by atoms with E-state index < -0.39 is 0 Å². The Morgan fingerprint density at radius 2 is 1.76 bits per heavy atom. The number of benzene rings is 2. The molecular weight excluding hydrogens is 366 g/mol. The van der Waals surface area contributed by atoms with Crippen LogP contribution in [0.5, 0.6) is 11.5 Å². The quantitative estimate of drug-likeness (QED) is 0.529. The molecule has 1 amide bonds. The fourth-order valence-corrected chi connectivity index (χ4v) is 2.94. The summed E-state index contributed by atoms with van der Waals surface area (Å²) in [5, 5.41) is 6.15. The lowest BCUT2D eigenvalue weighted by Crippen LogP contribution is -2.13. The predicted molar refractivity (Wildman–Crippen MR) is 115 cm³/mol. The van der Waals surface area contributed by atoms with E-state index in [1.54, 1.807) is 50.7 Å². The third-order valence-electron chi connectivity index (χ3n) is 4.45. The van der Waals surface area contributed by atoms with E-state index in [-0.39, 0.29) is 5.91 Å². The fraction of sp³-hybridized carbons (Fsp3) is 0.217. The van der Waals surface area contributed by atoms with Gasteiger partial charge in [-0.3, -0.25) is 4.79 Å². The van der Waals surface area contributed by atoms with Gasteiger partial charge >= 0.3 is 0 Å². The average molecular weight is 391 g/mol. The van der Waals surface area contributed by atoms with Crippen molar-refractivity contribution in [3.8, 4) is 11.5 Å². The molecule has 1 heterocycles. The van der Waals surface area contributed by atoms with Crippen molar-refractivity contribution in [2.75, 3.05) is 31.4 Å². The molecule has 2 N–H and O–H groups in total. The number of ether oxygens (including phenoxy) is 2. The zero-order chi connectivity index (χ0) is 20.5. The Labute approximate surface area is 170 Å². The highest BCUT2D eigenvalue weighted by Crippen LogP contribution is 2.29. The molecule has 3 aromatic rings.